The number of piperidine rings is 1. The van der Waals surface area contributed by atoms with Gasteiger partial charge in [-0.2, -0.15) is 0 Å². The number of esters is 1. The van der Waals surface area contributed by atoms with Crippen LogP contribution >= 0.6 is 11.6 Å². The van der Waals surface area contributed by atoms with Gasteiger partial charge >= 0.3 is 5.97 Å². The number of hydrogen-bond donors (Lipinski definition) is 0. The maximum atomic E-state index is 12.4. The van der Waals surface area contributed by atoms with Crippen molar-refractivity contribution in [3.8, 4) is 5.75 Å². The van der Waals surface area contributed by atoms with Crippen LogP contribution in [0.3, 0.4) is 0 Å². The first-order chi connectivity index (χ1) is 11.1. The van der Waals surface area contributed by atoms with Crippen LogP contribution < -0.4 is 9.64 Å². The summed E-state index contributed by atoms with van der Waals surface area (Å²) < 4.78 is 11.4. The summed E-state index contributed by atoms with van der Waals surface area (Å²) in [5, 5.41) is 0.708. The zero-order valence-electron chi connectivity index (χ0n) is 15.3. The van der Waals surface area contributed by atoms with Crippen molar-refractivity contribution >= 4 is 23.3 Å². The molecule has 0 saturated carbocycles. The first-order valence-corrected chi connectivity index (χ1v) is 8.93. The number of carbonyl (C=O) groups is 1. The molecule has 0 radical (unpaired) electrons. The van der Waals surface area contributed by atoms with Gasteiger partial charge in [-0.05, 0) is 66.0 Å². The zero-order valence-corrected chi connectivity index (χ0v) is 16.1. The molecule has 1 saturated heterocycles. The van der Waals surface area contributed by atoms with Crippen LogP contribution in [0.5, 0.6) is 5.75 Å². The average Bonchev–Trinajstić information content (AvgIpc) is 2.48. The molecule has 1 aromatic carbocycles. The molecule has 2 rings (SSSR count). The Bertz CT molecular complexity index is 587. The van der Waals surface area contributed by atoms with Crippen molar-refractivity contribution in [2.24, 2.45) is 0 Å². The van der Waals surface area contributed by atoms with Crippen molar-refractivity contribution in [1.82, 2.24) is 0 Å². The highest BCUT2D eigenvalue weighted by molar-refractivity contribution is 6.33. The monoisotopic (exact) mass is 353 g/mol. The summed E-state index contributed by atoms with van der Waals surface area (Å²) in [4.78, 5) is 14.6. The van der Waals surface area contributed by atoms with Crippen molar-refractivity contribution in [3.63, 3.8) is 0 Å². The Morgan fingerprint density at radius 1 is 1.08 bits per heavy atom. The third-order valence-corrected chi connectivity index (χ3v) is 4.20. The first kappa shape index (κ1) is 18.9. The van der Waals surface area contributed by atoms with Gasteiger partial charge in [-0.1, -0.05) is 11.6 Å². The van der Waals surface area contributed by atoms with E-state index in [1.807, 2.05) is 32.9 Å². The van der Waals surface area contributed by atoms with E-state index in [9.17, 15) is 4.79 Å². The lowest BCUT2D eigenvalue weighted by Gasteiger charge is -2.31. The summed E-state index contributed by atoms with van der Waals surface area (Å²) in [5.41, 5.74) is -0.648. The summed E-state index contributed by atoms with van der Waals surface area (Å²) in [6.45, 7) is 11.0. The number of benzene rings is 1. The van der Waals surface area contributed by atoms with Gasteiger partial charge < -0.3 is 14.4 Å². The van der Waals surface area contributed by atoms with Crippen LogP contribution in [0, 0.1) is 0 Å². The summed E-state index contributed by atoms with van der Waals surface area (Å²) in [6, 6.07) is 5.54. The minimum Gasteiger partial charge on any atom is -0.476 e. The highest BCUT2D eigenvalue weighted by Crippen LogP contribution is 2.33. The van der Waals surface area contributed by atoms with Crippen LogP contribution in [0.25, 0.3) is 0 Å². The van der Waals surface area contributed by atoms with Gasteiger partial charge in [0.05, 0.1) is 10.7 Å². The van der Waals surface area contributed by atoms with Crippen LogP contribution in [-0.2, 0) is 9.53 Å². The van der Waals surface area contributed by atoms with Crippen LogP contribution in [0.1, 0.15) is 53.9 Å². The molecular weight excluding hydrogens is 326 g/mol. The highest BCUT2D eigenvalue weighted by atomic mass is 35.5. The number of rotatable bonds is 4. The van der Waals surface area contributed by atoms with Gasteiger partial charge in [-0.25, -0.2) is 4.79 Å². The number of halogens is 1. The van der Waals surface area contributed by atoms with Crippen LogP contribution in [0.15, 0.2) is 18.2 Å². The van der Waals surface area contributed by atoms with E-state index in [0.29, 0.717) is 10.8 Å². The van der Waals surface area contributed by atoms with E-state index in [0.717, 1.165) is 18.8 Å². The fraction of sp³-hybridized carbons (Fsp3) is 0.632. The molecule has 4 nitrogen and oxygen atoms in total. The summed E-state index contributed by atoms with van der Waals surface area (Å²) in [5.74, 6) is 0.236. The molecule has 1 aliphatic rings. The Hall–Kier alpha value is -1.42. The topological polar surface area (TPSA) is 38.8 Å². The fourth-order valence-electron chi connectivity index (χ4n) is 2.67. The van der Waals surface area contributed by atoms with E-state index >= 15 is 0 Å². The molecule has 1 aromatic rings. The third-order valence-electron chi connectivity index (χ3n) is 3.88. The summed E-state index contributed by atoms with van der Waals surface area (Å²) in [6.07, 6.45) is 3.60. The highest BCUT2D eigenvalue weighted by Gasteiger charge is 2.35. The predicted molar refractivity (Wildman–Crippen MR) is 98.1 cm³/mol. The second-order valence-corrected chi connectivity index (χ2v) is 8.18. The van der Waals surface area contributed by atoms with Gasteiger partial charge in [-0.3, -0.25) is 0 Å². The molecule has 0 atom stereocenters. The van der Waals surface area contributed by atoms with Gasteiger partial charge in [0.25, 0.3) is 0 Å². The number of anilines is 1. The molecule has 0 bridgehead atoms. The molecule has 0 aliphatic carbocycles. The zero-order chi connectivity index (χ0) is 18.0. The summed E-state index contributed by atoms with van der Waals surface area (Å²) in [7, 11) is 0. The fourth-order valence-corrected chi connectivity index (χ4v) is 2.91. The normalized spacial score (nSPS) is 16.0. The van der Waals surface area contributed by atoms with Gasteiger partial charge in [0.2, 0.25) is 0 Å². The minimum absolute atomic E-state index is 0.385. The quantitative estimate of drug-likeness (QED) is 0.727. The molecule has 1 aliphatic heterocycles. The third kappa shape index (κ3) is 5.04. The largest absolute Gasteiger partial charge is 0.476 e. The lowest BCUT2D eigenvalue weighted by atomic mass is 10.1. The Kier molecular flexibility index (Phi) is 5.69. The lowest BCUT2D eigenvalue weighted by Crippen LogP contribution is -2.43. The van der Waals surface area contributed by atoms with Gasteiger partial charge in [0.1, 0.15) is 11.4 Å². The van der Waals surface area contributed by atoms with E-state index in [1.165, 1.54) is 19.3 Å². The van der Waals surface area contributed by atoms with E-state index in [-0.39, 0.29) is 5.97 Å². The average molecular weight is 354 g/mol. The molecule has 0 N–H and O–H groups in total. The maximum absolute atomic E-state index is 12.4. The first-order valence-electron chi connectivity index (χ1n) is 8.55. The van der Waals surface area contributed by atoms with Crippen molar-refractivity contribution in [2.75, 3.05) is 18.0 Å². The van der Waals surface area contributed by atoms with Gasteiger partial charge in [0.15, 0.2) is 5.60 Å². The van der Waals surface area contributed by atoms with Gasteiger partial charge in [-0.15, -0.1) is 0 Å². The van der Waals surface area contributed by atoms with Crippen LogP contribution in [0.2, 0.25) is 5.02 Å². The Morgan fingerprint density at radius 2 is 1.71 bits per heavy atom. The second kappa shape index (κ2) is 7.22. The summed E-state index contributed by atoms with van der Waals surface area (Å²) >= 11 is 6.36. The van der Waals surface area contributed by atoms with Gasteiger partial charge in [0, 0.05) is 19.2 Å². The van der Waals surface area contributed by atoms with Crippen molar-refractivity contribution in [3.05, 3.63) is 23.2 Å². The molecule has 0 unspecified atom stereocenters. The van der Waals surface area contributed by atoms with E-state index in [1.54, 1.807) is 19.9 Å². The van der Waals surface area contributed by atoms with E-state index in [4.69, 9.17) is 21.1 Å². The molecule has 0 spiro atoms. The van der Waals surface area contributed by atoms with Crippen LogP contribution in [0.4, 0.5) is 5.69 Å². The number of nitrogens with zero attached hydrogens (tertiary/aromatic N) is 1. The Morgan fingerprint density at radius 3 is 2.29 bits per heavy atom. The molecule has 0 aromatic heterocycles. The van der Waals surface area contributed by atoms with Crippen LogP contribution in [-0.4, -0.2) is 30.3 Å². The van der Waals surface area contributed by atoms with E-state index in [2.05, 4.69) is 4.90 Å². The number of ether oxygens (including phenoxy) is 2. The standard InChI is InChI=1S/C19H28ClNO3/c1-18(2,3)24-17(22)19(4,5)23-14-9-10-15(20)16(13-14)21-11-7-6-8-12-21/h9-10,13H,6-8,11-12H2,1-5H3. The van der Waals surface area contributed by atoms with Crippen molar-refractivity contribution < 1.29 is 14.3 Å². The molecule has 24 heavy (non-hydrogen) atoms. The molecular formula is C19H28ClNO3. The molecule has 0 amide bonds. The molecule has 1 fully saturated rings. The molecule has 1 heterocycles. The van der Waals surface area contributed by atoms with Crippen molar-refractivity contribution in [2.45, 2.75) is 65.1 Å². The Balaban J connectivity index is 2.15. The number of carbonyl (C=O) groups excluding carboxylic acids is 1. The maximum Gasteiger partial charge on any atom is 0.350 e. The Labute approximate surface area is 150 Å². The second-order valence-electron chi connectivity index (χ2n) is 7.78. The SMILES string of the molecule is CC(C)(C)OC(=O)C(C)(C)Oc1ccc(Cl)c(N2CCCCC2)c1. The smallest absolute Gasteiger partial charge is 0.350 e. The molecule has 134 valence electrons. The van der Waals surface area contributed by atoms with E-state index < -0.39 is 11.2 Å². The predicted octanol–water partition coefficient (Wildman–Crippen LogP) is 4.83. The lowest BCUT2D eigenvalue weighted by molar-refractivity contribution is -0.170. The minimum atomic E-state index is -1.07. The number of hydrogen-bond acceptors (Lipinski definition) is 4. The molecule has 5 heteroatoms. The van der Waals surface area contributed by atoms with Crippen molar-refractivity contribution in [1.29, 1.82) is 0 Å².